The van der Waals surface area contributed by atoms with Gasteiger partial charge in [0.2, 0.25) is 11.8 Å². The second-order valence-corrected chi connectivity index (χ2v) is 4.34. The Kier molecular flexibility index (Phi) is 2.59. The maximum atomic E-state index is 11.5. The van der Waals surface area contributed by atoms with Crippen LogP contribution in [-0.4, -0.2) is 34.8 Å². The number of amides is 2. The number of carbonyl (C=O) groups excluding carboxylic acids is 2. The normalized spacial score (nSPS) is 32.5. The van der Waals surface area contributed by atoms with E-state index < -0.39 is 5.21 Å². The zero-order valence-electron chi connectivity index (χ0n) is 8.68. The van der Waals surface area contributed by atoms with Gasteiger partial charge < -0.3 is 0 Å². The zero-order valence-corrected chi connectivity index (χ0v) is 8.68. The highest BCUT2D eigenvalue weighted by atomic mass is 16.2. The predicted octanol–water partition coefficient (Wildman–Crippen LogP) is -2.07. The summed E-state index contributed by atoms with van der Waals surface area (Å²) in [7, 11) is 4.67. The Hall–Kier alpha value is -0.665. The van der Waals surface area contributed by atoms with E-state index >= 15 is 0 Å². The fourth-order valence-corrected chi connectivity index (χ4v) is 2.23. The molecule has 2 amide bonds. The molecule has 0 spiro atoms. The average molecular weight is 177 g/mol. The Labute approximate surface area is 81.1 Å². The minimum atomic E-state index is -0.415. The molecule has 0 bridgehead atoms. The molecule has 0 radical (unpaired) electrons. The minimum Gasteiger partial charge on any atom is -0.297 e. The van der Waals surface area contributed by atoms with Crippen molar-refractivity contribution < 1.29 is 9.59 Å². The summed E-state index contributed by atoms with van der Waals surface area (Å²) >= 11 is 0. The molecule has 1 saturated heterocycles. The van der Waals surface area contributed by atoms with Crippen LogP contribution >= 0.6 is 0 Å². The van der Waals surface area contributed by atoms with Crippen LogP contribution in [0.15, 0.2) is 0 Å². The molecule has 2 unspecified atom stereocenters. The van der Waals surface area contributed by atoms with Crippen LogP contribution in [0, 0.1) is 5.92 Å². The molecular weight excluding hydrogens is 163 g/mol. The molecule has 1 aliphatic rings. The van der Waals surface area contributed by atoms with E-state index in [4.69, 9.17) is 0 Å². The molecule has 1 aliphatic heterocycles. The molecule has 2 atom stereocenters. The van der Waals surface area contributed by atoms with Gasteiger partial charge in [-0.1, -0.05) is 19.6 Å². The van der Waals surface area contributed by atoms with Gasteiger partial charge in [-0.2, -0.15) is 0 Å². The van der Waals surface area contributed by atoms with E-state index in [0.29, 0.717) is 0 Å². The van der Waals surface area contributed by atoms with Crippen molar-refractivity contribution in [1.29, 1.82) is 0 Å². The molecule has 1 heterocycles. The third-order valence-electron chi connectivity index (χ3n) is 3.21. The molecule has 0 aromatic heterocycles. The summed E-state index contributed by atoms with van der Waals surface area (Å²) in [6, 6.07) is 0. The van der Waals surface area contributed by atoms with Crippen molar-refractivity contribution in [2.75, 3.05) is 0 Å². The van der Waals surface area contributed by atoms with Crippen molar-refractivity contribution in [2.45, 2.75) is 24.8 Å². The summed E-state index contributed by atoms with van der Waals surface area (Å²) in [5.41, 5.74) is 0. The van der Waals surface area contributed by atoms with E-state index in [1.807, 2.05) is 29.4 Å². The Balaban J connectivity index is 2.98. The Morgan fingerprint density at radius 3 is 2.46 bits per heavy atom. The highest BCUT2D eigenvalue weighted by Crippen LogP contribution is 2.41. The maximum absolute atomic E-state index is 11.5. The molecule has 1 rings (SSSR count). The fraction of sp³-hybridized carbons (Fsp3) is 0.714. The van der Waals surface area contributed by atoms with E-state index in [-0.39, 0.29) is 23.5 Å². The van der Waals surface area contributed by atoms with Crippen LogP contribution in [0.3, 0.4) is 0 Å². The van der Waals surface area contributed by atoms with E-state index in [1.165, 1.54) is 0 Å². The molecular formula is C7H14B3NO2. The maximum Gasteiger partial charge on any atom is 0.228 e. The van der Waals surface area contributed by atoms with E-state index in [0.717, 1.165) is 7.28 Å². The lowest BCUT2D eigenvalue weighted by Crippen LogP contribution is -2.53. The third-order valence-corrected chi connectivity index (χ3v) is 3.21. The van der Waals surface area contributed by atoms with E-state index in [2.05, 4.69) is 5.32 Å². The largest absolute Gasteiger partial charge is 0.297 e. The number of carbonyl (C=O) groups is 2. The summed E-state index contributed by atoms with van der Waals surface area (Å²) in [6.07, 6.45) is 0. The SMILES string of the molecule is BC1(B)C(=O)NC(=O)C(C)C1BC. The monoisotopic (exact) mass is 177 g/mol. The first-order valence-electron chi connectivity index (χ1n) is 4.76. The van der Waals surface area contributed by atoms with Crippen molar-refractivity contribution in [3.05, 3.63) is 0 Å². The number of hydrogen-bond donors (Lipinski definition) is 1. The van der Waals surface area contributed by atoms with Crippen molar-refractivity contribution in [1.82, 2.24) is 5.32 Å². The number of piperidine rings is 1. The summed E-state index contributed by atoms with van der Waals surface area (Å²) in [6.45, 7) is 3.91. The predicted molar refractivity (Wildman–Crippen MR) is 58.9 cm³/mol. The van der Waals surface area contributed by atoms with Crippen LogP contribution in [0.25, 0.3) is 0 Å². The van der Waals surface area contributed by atoms with Crippen LogP contribution in [0.1, 0.15) is 6.92 Å². The second-order valence-electron chi connectivity index (χ2n) is 4.34. The van der Waals surface area contributed by atoms with Gasteiger partial charge >= 0.3 is 0 Å². The summed E-state index contributed by atoms with van der Waals surface area (Å²) in [4.78, 5) is 22.8. The van der Waals surface area contributed by atoms with Crippen LogP contribution in [-0.2, 0) is 9.59 Å². The van der Waals surface area contributed by atoms with E-state index in [1.54, 1.807) is 0 Å². The first kappa shape index (κ1) is 10.4. The summed E-state index contributed by atoms with van der Waals surface area (Å²) < 4.78 is 0. The molecule has 1 N–H and O–H groups in total. The smallest absolute Gasteiger partial charge is 0.228 e. The molecule has 68 valence electrons. The van der Waals surface area contributed by atoms with Gasteiger partial charge in [0.15, 0.2) is 0 Å². The van der Waals surface area contributed by atoms with Gasteiger partial charge in [0.1, 0.15) is 23.0 Å². The van der Waals surface area contributed by atoms with E-state index in [9.17, 15) is 9.59 Å². The van der Waals surface area contributed by atoms with Gasteiger partial charge in [-0.25, -0.2) is 0 Å². The van der Waals surface area contributed by atoms with Crippen LogP contribution < -0.4 is 5.32 Å². The Morgan fingerprint density at radius 1 is 1.46 bits per heavy atom. The lowest BCUT2D eigenvalue weighted by atomic mass is 9.35. The molecule has 0 aromatic rings. The summed E-state index contributed by atoms with van der Waals surface area (Å²) in [5, 5.41) is 1.99. The fourth-order valence-electron chi connectivity index (χ4n) is 2.23. The molecule has 13 heavy (non-hydrogen) atoms. The minimum absolute atomic E-state index is 0.0577. The highest BCUT2D eigenvalue weighted by molar-refractivity contribution is 6.58. The van der Waals surface area contributed by atoms with Gasteiger partial charge in [0.05, 0.1) is 0 Å². The van der Waals surface area contributed by atoms with Gasteiger partial charge in [-0.3, -0.25) is 14.9 Å². The number of nitrogens with one attached hydrogen (secondary N) is 1. The molecule has 0 saturated carbocycles. The van der Waals surface area contributed by atoms with Gasteiger partial charge in [0, 0.05) is 5.92 Å². The third kappa shape index (κ3) is 1.54. The van der Waals surface area contributed by atoms with Crippen molar-refractivity contribution in [3.63, 3.8) is 0 Å². The highest BCUT2D eigenvalue weighted by Gasteiger charge is 2.45. The van der Waals surface area contributed by atoms with Crippen LogP contribution in [0.2, 0.25) is 17.9 Å². The number of rotatable bonds is 1. The first-order chi connectivity index (χ1) is 5.91. The zero-order chi connectivity index (χ0) is 10.2. The molecule has 1 fully saturated rings. The summed E-state index contributed by atoms with van der Waals surface area (Å²) in [5.74, 6) is -0.162. The van der Waals surface area contributed by atoms with Gasteiger partial charge in [-0.05, 0) is 5.21 Å². The average Bonchev–Trinajstić information content (AvgIpc) is 2.02. The van der Waals surface area contributed by atoms with Gasteiger partial charge in [0.25, 0.3) is 0 Å². The number of imide groups is 1. The topological polar surface area (TPSA) is 46.2 Å². The van der Waals surface area contributed by atoms with Crippen molar-refractivity contribution >= 4 is 34.8 Å². The lowest BCUT2D eigenvalue weighted by Gasteiger charge is -2.40. The van der Waals surface area contributed by atoms with Crippen LogP contribution in [0.4, 0.5) is 0 Å². The lowest BCUT2D eigenvalue weighted by molar-refractivity contribution is -0.136. The van der Waals surface area contributed by atoms with Crippen molar-refractivity contribution in [2.24, 2.45) is 5.92 Å². The van der Waals surface area contributed by atoms with Crippen LogP contribution in [0.5, 0.6) is 0 Å². The Bertz CT molecular complexity index is 254. The first-order valence-corrected chi connectivity index (χ1v) is 4.76. The molecule has 3 nitrogen and oxygen atoms in total. The quantitative estimate of drug-likeness (QED) is 0.369. The molecule has 0 aliphatic carbocycles. The second kappa shape index (κ2) is 3.24. The molecule has 0 aromatic carbocycles. The van der Waals surface area contributed by atoms with Gasteiger partial charge in [-0.15, -0.1) is 0 Å². The Morgan fingerprint density at radius 2 is 2.00 bits per heavy atom. The standard InChI is InChI=1S/C7H14B3NO2/c1-3-4(10-2)7(8,9)6(13)11-5(3)12/h3-4,10H,8-9H2,1-2H3,(H,11,12,13). The van der Waals surface area contributed by atoms with Crippen molar-refractivity contribution in [3.8, 4) is 0 Å². The molecule has 6 heteroatoms. The number of hydrogen-bond acceptors (Lipinski definition) is 2.